The number of hydrogen-bond donors (Lipinski definition) is 4. The first-order valence-electron chi connectivity index (χ1n) is 3.72. The van der Waals surface area contributed by atoms with Crippen LogP contribution < -0.4 is 11.1 Å². The maximum Gasteiger partial charge on any atom is 0.198 e. The maximum atomic E-state index is 7.45. The van der Waals surface area contributed by atoms with E-state index in [9.17, 15) is 0 Å². The van der Waals surface area contributed by atoms with Gasteiger partial charge in [0.1, 0.15) is 0 Å². The lowest BCUT2D eigenvalue weighted by Crippen LogP contribution is -2.50. The summed E-state index contributed by atoms with van der Waals surface area (Å²) in [6.07, 6.45) is 0. The Morgan fingerprint density at radius 3 is 2.31 bits per heavy atom. The van der Waals surface area contributed by atoms with E-state index in [4.69, 9.17) is 21.3 Å². The third-order valence-electron chi connectivity index (χ3n) is 1.58. The van der Waals surface area contributed by atoms with Gasteiger partial charge in [-0.2, -0.15) is 0 Å². The first-order valence-corrected chi connectivity index (χ1v) is 3.72. The zero-order valence-electron chi connectivity index (χ0n) is 7.17. The lowest BCUT2D eigenvalue weighted by molar-refractivity contribution is 0.0667. The smallest absolute Gasteiger partial charge is 0.198 e. The highest BCUT2D eigenvalue weighted by atomic mass is 35.5. The van der Waals surface area contributed by atoms with Gasteiger partial charge in [-0.25, -0.2) is 0 Å². The van der Waals surface area contributed by atoms with Gasteiger partial charge in [-0.3, -0.25) is 16.1 Å². The van der Waals surface area contributed by atoms with E-state index >= 15 is 0 Å². The molecule has 0 saturated carbocycles. The molecule has 0 aromatic heterocycles. The summed E-state index contributed by atoms with van der Waals surface area (Å²) < 4.78 is 5.10. The van der Waals surface area contributed by atoms with Crippen LogP contribution in [-0.2, 0) is 4.74 Å². The first kappa shape index (κ1) is 12.0. The zero-order chi connectivity index (χ0) is 8.97. The van der Waals surface area contributed by atoms with E-state index in [-0.39, 0.29) is 24.3 Å². The highest BCUT2D eigenvalue weighted by molar-refractivity contribution is 5.94. The maximum absolute atomic E-state index is 7.45. The van der Waals surface area contributed by atoms with E-state index in [0.717, 1.165) is 0 Å². The zero-order valence-corrected chi connectivity index (χ0v) is 7.99. The summed E-state index contributed by atoms with van der Waals surface area (Å²) in [4.78, 5) is 1.78. The second kappa shape index (κ2) is 5.60. The van der Waals surface area contributed by atoms with Crippen molar-refractivity contribution in [3.05, 3.63) is 0 Å². The lowest BCUT2D eigenvalue weighted by atomic mass is 10.4. The Balaban J connectivity index is 0.00000144. The van der Waals surface area contributed by atoms with E-state index in [2.05, 4.69) is 5.32 Å². The summed E-state index contributed by atoms with van der Waals surface area (Å²) in [5, 5.41) is 16.8. The van der Waals surface area contributed by atoms with Crippen molar-refractivity contribution in [3.63, 3.8) is 0 Å². The van der Waals surface area contributed by atoms with Crippen LogP contribution in [0.5, 0.6) is 0 Å². The largest absolute Gasteiger partial charge is 0.378 e. The SMILES string of the molecule is Cl.N=C(N)NC(=N)N1CCOCC1. The second-order valence-electron chi connectivity index (χ2n) is 2.49. The number of rotatable bonds is 0. The van der Waals surface area contributed by atoms with Crippen molar-refractivity contribution < 1.29 is 4.74 Å². The van der Waals surface area contributed by atoms with Crippen LogP contribution in [0.3, 0.4) is 0 Å². The Labute approximate surface area is 82.8 Å². The number of morpholine rings is 1. The standard InChI is InChI=1S/C6H13N5O.ClH/c7-5(8)10-6(9)11-1-3-12-4-2-11;/h1-4H2,(H5,7,8,9,10);1H. The molecule has 0 aromatic carbocycles. The van der Waals surface area contributed by atoms with Gasteiger partial charge >= 0.3 is 0 Å². The van der Waals surface area contributed by atoms with Crippen molar-refractivity contribution in [2.24, 2.45) is 5.73 Å². The summed E-state index contributed by atoms with van der Waals surface area (Å²) in [5.74, 6) is -0.0303. The van der Waals surface area contributed by atoms with E-state index in [0.29, 0.717) is 26.3 Å². The molecule has 1 rings (SSSR count). The summed E-state index contributed by atoms with van der Waals surface area (Å²) >= 11 is 0. The molecule has 1 heterocycles. The molecule has 0 atom stereocenters. The third-order valence-corrected chi connectivity index (χ3v) is 1.58. The highest BCUT2D eigenvalue weighted by Crippen LogP contribution is 1.95. The molecule has 0 radical (unpaired) electrons. The molecule has 0 aromatic rings. The van der Waals surface area contributed by atoms with Gasteiger partial charge in [0.05, 0.1) is 13.2 Å². The lowest BCUT2D eigenvalue weighted by Gasteiger charge is -2.28. The van der Waals surface area contributed by atoms with Gasteiger partial charge in [0, 0.05) is 13.1 Å². The molecule has 5 N–H and O–H groups in total. The van der Waals surface area contributed by atoms with Crippen molar-refractivity contribution in [3.8, 4) is 0 Å². The molecular formula is C6H14ClN5O. The number of nitrogens with zero attached hydrogens (tertiary/aromatic N) is 1. The Hall–Kier alpha value is -1.01. The summed E-state index contributed by atoms with van der Waals surface area (Å²) in [6.45, 7) is 2.61. The molecule has 13 heavy (non-hydrogen) atoms. The molecule has 0 unspecified atom stereocenters. The number of guanidine groups is 2. The normalized spacial score (nSPS) is 15.8. The molecular weight excluding hydrogens is 194 g/mol. The second-order valence-corrected chi connectivity index (χ2v) is 2.49. The van der Waals surface area contributed by atoms with Crippen LogP contribution in [0.2, 0.25) is 0 Å². The van der Waals surface area contributed by atoms with E-state index in [1.807, 2.05) is 0 Å². The van der Waals surface area contributed by atoms with Crippen LogP contribution in [0.15, 0.2) is 0 Å². The van der Waals surface area contributed by atoms with Crippen molar-refractivity contribution in [1.82, 2.24) is 10.2 Å². The molecule has 1 fully saturated rings. The van der Waals surface area contributed by atoms with E-state index in [1.54, 1.807) is 4.90 Å². The van der Waals surface area contributed by atoms with E-state index < -0.39 is 0 Å². The van der Waals surface area contributed by atoms with Gasteiger partial charge in [-0.15, -0.1) is 12.4 Å². The number of halogens is 1. The number of hydrogen-bond acceptors (Lipinski definition) is 3. The Morgan fingerprint density at radius 1 is 1.31 bits per heavy atom. The summed E-state index contributed by atoms with van der Waals surface area (Å²) in [7, 11) is 0. The third kappa shape index (κ3) is 3.95. The van der Waals surface area contributed by atoms with Gasteiger partial charge in [-0.1, -0.05) is 0 Å². The number of ether oxygens (including phenoxy) is 1. The summed E-state index contributed by atoms with van der Waals surface area (Å²) in [5.41, 5.74) is 5.07. The highest BCUT2D eigenvalue weighted by Gasteiger charge is 2.13. The average Bonchev–Trinajstić information content (AvgIpc) is 2.05. The average molecular weight is 208 g/mol. The fourth-order valence-corrected chi connectivity index (χ4v) is 0.994. The molecule has 76 valence electrons. The number of nitrogens with one attached hydrogen (secondary N) is 3. The van der Waals surface area contributed by atoms with Crippen LogP contribution in [0.1, 0.15) is 0 Å². The quantitative estimate of drug-likeness (QED) is 0.308. The monoisotopic (exact) mass is 207 g/mol. The minimum Gasteiger partial charge on any atom is -0.378 e. The molecule has 7 heteroatoms. The van der Waals surface area contributed by atoms with Crippen molar-refractivity contribution >= 4 is 24.3 Å². The molecule has 1 aliphatic heterocycles. The predicted molar refractivity (Wildman–Crippen MR) is 52.4 cm³/mol. The van der Waals surface area contributed by atoms with Gasteiger partial charge in [0.25, 0.3) is 0 Å². The van der Waals surface area contributed by atoms with Gasteiger partial charge < -0.3 is 15.4 Å². The van der Waals surface area contributed by atoms with Crippen LogP contribution in [0.25, 0.3) is 0 Å². The van der Waals surface area contributed by atoms with Crippen molar-refractivity contribution in [1.29, 1.82) is 10.8 Å². The minimum absolute atomic E-state index is 0. The van der Waals surface area contributed by atoms with Gasteiger partial charge in [-0.05, 0) is 0 Å². The van der Waals surface area contributed by atoms with Crippen LogP contribution in [0, 0.1) is 10.8 Å². The molecule has 1 saturated heterocycles. The van der Waals surface area contributed by atoms with Crippen LogP contribution in [0.4, 0.5) is 0 Å². The van der Waals surface area contributed by atoms with Crippen molar-refractivity contribution in [2.45, 2.75) is 0 Å². The minimum atomic E-state index is -0.202. The Bertz CT molecular complexity index is 191. The van der Waals surface area contributed by atoms with E-state index in [1.165, 1.54) is 0 Å². The Morgan fingerprint density at radius 2 is 1.85 bits per heavy atom. The fraction of sp³-hybridized carbons (Fsp3) is 0.667. The van der Waals surface area contributed by atoms with Crippen LogP contribution in [-0.4, -0.2) is 43.1 Å². The molecule has 0 amide bonds. The molecule has 0 spiro atoms. The van der Waals surface area contributed by atoms with Gasteiger partial charge in [0.2, 0.25) is 0 Å². The van der Waals surface area contributed by atoms with Gasteiger partial charge in [0.15, 0.2) is 11.9 Å². The van der Waals surface area contributed by atoms with Crippen molar-refractivity contribution in [2.75, 3.05) is 26.3 Å². The molecule has 0 bridgehead atoms. The predicted octanol–water partition coefficient (Wildman–Crippen LogP) is -0.842. The number of nitrogens with two attached hydrogens (primary N) is 1. The van der Waals surface area contributed by atoms with Crippen LogP contribution >= 0.6 is 12.4 Å². The Kier molecular flexibility index (Phi) is 5.17. The molecule has 6 nitrogen and oxygen atoms in total. The molecule has 1 aliphatic rings. The molecule has 0 aliphatic carbocycles. The topological polar surface area (TPSA) is 98.2 Å². The fourth-order valence-electron chi connectivity index (χ4n) is 0.994. The summed E-state index contributed by atoms with van der Waals surface area (Å²) in [6, 6.07) is 0. The first-order chi connectivity index (χ1) is 5.70.